The third-order valence-corrected chi connectivity index (χ3v) is 4.70. The van der Waals surface area contributed by atoms with Crippen LogP contribution in [0.15, 0.2) is 36.5 Å². The normalized spacial score (nSPS) is 21.0. The van der Waals surface area contributed by atoms with Gasteiger partial charge in [0.15, 0.2) is 0 Å². The van der Waals surface area contributed by atoms with Crippen molar-refractivity contribution < 1.29 is 0 Å². The quantitative estimate of drug-likeness (QED) is 0.915. The average Bonchev–Trinajstić information content (AvgIpc) is 2.97. The van der Waals surface area contributed by atoms with Crippen LogP contribution in [0.4, 0.5) is 0 Å². The van der Waals surface area contributed by atoms with Crippen LogP contribution in [-0.2, 0) is 0 Å². The van der Waals surface area contributed by atoms with Crippen molar-refractivity contribution in [2.24, 2.45) is 11.7 Å². The molecule has 0 spiro atoms. The SMILES string of the molecule is CCCC1CCN(C(CN)c2cccc3cccnc23)C1. The molecule has 1 aliphatic rings. The fourth-order valence-electron chi connectivity index (χ4n) is 3.66. The summed E-state index contributed by atoms with van der Waals surface area (Å²) in [6.45, 7) is 5.28. The first kappa shape index (κ1) is 14.5. The van der Waals surface area contributed by atoms with Gasteiger partial charge in [-0.15, -0.1) is 0 Å². The number of pyridine rings is 1. The molecule has 2 aromatic rings. The molecule has 112 valence electrons. The molecule has 2 atom stereocenters. The summed E-state index contributed by atoms with van der Waals surface area (Å²) >= 11 is 0. The molecule has 0 amide bonds. The summed E-state index contributed by atoms with van der Waals surface area (Å²) in [5, 5.41) is 1.21. The molecule has 2 N–H and O–H groups in total. The Morgan fingerprint density at radius 2 is 2.19 bits per heavy atom. The molecule has 3 heteroatoms. The molecule has 1 aromatic carbocycles. The molecule has 2 unspecified atom stereocenters. The Labute approximate surface area is 127 Å². The maximum absolute atomic E-state index is 6.13. The van der Waals surface area contributed by atoms with Crippen LogP contribution in [-0.4, -0.2) is 29.5 Å². The lowest BCUT2D eigenvalue weighted by molar-refractivity contribution is 0.241. The minimum atomic E-state index is 0.297. The van der Waals surface area contributed by atoms with Crippen LogP contribution < -0.4 is 5.73 Å². The minimum Gasteiger partial charge on any atom is -0.329 e. The molecule has 0 bridgehead atoms. The smallest absolute Gasteiger partial charge is 0.0750 e. The van der Waals surface area contributed by atoms with E-state index in [-0.39, 0.29) is 0 Å². The second kappa shape index (κ2) is 6.54. The lowest BCUT2D eigenvalue weighted by Crippen LogP contribution is -2.32. The fraction of sp³-hybridized carbons (Fsp3) is 0.500. The second-order valence-corrected chi connectivity index (χ2v) is 6.11. The first-order valence-electron chi connectivity index (χ1n) is 8.11. The van der Waals surface area contributed by atoms with E-state index in [1.807, 2.05) is 12.3 Å². The highest BCUT2D eigenvalue weighted by molar-refractivity contribution is 5.82. The maximum Gasteiger partial charge on any atom is 0.0750 e. The van der Waals surface area contributed by atoms with Crippen molar-refractivity contribution >= 4 is 10.9 Å². The van der Waals surface area contributed by atoms with Crippen molar-refractivity contribution in [1.82, 2.24) is 9.88 Å². The molecule has 21 heavy (non-hydrogen) atoms. The van der Waals surface area contributed by atoms with Crippen molar-refractivity contribution in [3.63, 3.8) is 0 Å². The van der Waals surface area contributed by atoms with E-state index in [2.05, 4.69) is 41.1 Å². The fourth-order valence-corrected chi connectivity index (χ4v) is 3.66. The van der Waals surface area contributed by atoms with Gasteiger partial charge in [-0.25, -0.2) is 0 Å². The Hall–Kier alpha value is -1.45. The highest BCUT2D eigenvalue weighted by Crippen LogP contribution is 2.31. The van der Waals surface area contributed by atoms with E-state index in [4.69, 9.17) is 5.73 Å². The van der Waals surface area contributed by atoms with E-state index in [9.17, 15) is 0 Å². The largest absolute Gasteiger partial charge is 0.329 e. The van der Waals surface area contributed by atoms with Gasteiger partial charge in [-0.1, -0.05) is 37.6 Å². The summed E-state index contributed by atoms with van der Waals surface area (Å²) in [6.07, 6.45) is 5.80. The summed E-state index contributed by atoms with van der Waals surface area (Å²) < 4.78 is 0. The third-order valence-electron chi connectivity index (χ3n) is 4.70. The molecule has 1 aromatic heterocycles. The van der Waals surface area contributed by atoms with E-state index in [1.165, 1.54) is 36.8 Å². The van der Waals surface area contributed by atoms with E-state index in [1.54, 1.807) is 0 Å². The topological polar surface area (TPSA) is 42.1 Å². The Bertz CT molecular complexity index is 591. The molecule has 0 radical (unpaired) electrons. The standard InChI is InChI=1S/C18H25N3/c1-2-5-14-9-11-21(13-14)17(12-19)16-8-3-6-15-7-4-10-20-18(15)16/h3-4,6-8,10,14,17H,2,5,9,11-13,19H2,1H3. The van der Waals surface area contributed by atoms with Crippen LogP contribution in [0.1, 0.15) is 37.8 Å². The molecule has 3 nitrogen and oxygen atoms in total. The van der Waals surface area contributed by atoms with Gasteiger partial charge in [0.1, 0.15) is 0 Å². The van der Waals surface area contributed by atoms with Gasteiger partial charge in [0.25, 0.3) is 0 Å². The van der Waals surface area contributed by atoms with Gasteiger partial charge < -0.3 is 5.73 Å². The summed E-state index contributed by atoms with van der Waals surface area (Å²) in [5.74, 6) is 0.840. The van der Waals surface area contributed by atoms with Gasteiger partial charge >= 0.3 is 0 Å². The number of benzene rings is 1. The van der Waals surface area contributed by atoms with E-state index >= 15 is 0 Å². The van der Waals surface area contributed by atoms with Crippen LogP contribution in [0.5, 0.6) is 0 Å². The van der Waals surface area contributed by atoms with E-state index < -0.39 is 0 Å². The van der Waals surface area contributed by atoms with Gasteiger partial charge in [-0.05, 0) is 36.9 Å². The predicted octanol–water partition coefficient (Wildman–Crippen LogP) is 3.36. The zero-order valence-corrected chi connectivity index (χ0v) is 12.8. The van der Waals surface area contributed by atoms with Crippen molar-refractivity contribution in [2.45, 2.75) is 32.2 Å². The lowest BCUT2D eigenvalue weighted by atomic mass is 10.0. The molecular formula is C18H25N3. The van der Waals surface area contributed by atoms with Gasteiger partial charge in [0.05, 0.1) is 5.52 Å². The van der Waals surface area contributed by atoms with Crippen LogP contribution in [0, 0.1) is 5.92 Å². The number of aromatic nitrogens is 1. The van der Waals surface area contributed by atoms with Crippen LogP contribution in [0.2, 0.25) is 0 Å². The van der Waals surface area contributed by atoms with Crippen molar-refractivity contribution in [3.05, 3.63) is 42.1 Å². The third kappa shape index (κ3) is 2.94. The van der Waals surface area contributed by atoms with Gasteiger partial charge in [-0.3, -0.25) is 9.88 Å². The Morgan fingerprint density at radius 3 is 3.00 bits per heavy atom. The lowest BCUT2D eigenvalue weighted by Gasteiger charge is -2.27. The number of rotatable bonds is 5. The molecule has 0 aliphatic carbocycles. The molecule has 3 rings (SSSR count). The number of fused-ring (bicyclic) bond motifs is 1. The summed E-state index contributed by atoms with van der Waals surface area (Å²) in [6, 6.07) is 10.9. The maximum atomic E-state index is 6.13. The van der Waals surface area contributed by atoms with Crippen LogP contribution in [0.25, 0.3) is 10.9 Å². The zero-order valence-electron chi connectivity index (χ0n) is 12.8. The average molecular weight is 283 g/mol. The molecule has 1 saturated heterocycles. The number of para-hydroxylation sites is 1. The Balaban J connectivity index is 1.89. The molecule has 2 heterocycles. The van der Waals surface area contributed by atoms with Gasteiger partial charge in [-0.2, -0.15) is 0 Å². The number of nitrogens with zero attached hydrogens (tertiary/aromatic N) is 2. The molecule has 1 aliphatic heterocycles. The first-order chi connectivity index (χ1) is 10.3. The Kier molecular flexibility index (Phi) is 4.51. The predicted molar refractivity (Wildman–Crippen MR) is 88.1 cm³/mol. The summed E-state index contributed by atoms with van der Waals surface area (Å²) in [7, 11) is 0. The van der Waals surface area contributed by atoms with Gasteiger partial charge in [0.2, 0.25) is 0 Å². The molecule has 1 fully saturated rings. The van der Waals surface area contributed by atoms with Crippen molar-refractivity contribution in [3.8, 4) is 0 Å². The van der Waals surface area contributed by atoms with E-state index in [0.717, 1.165) is 18.0 Å². The Morgan fingerprint density at radius 1 is 1.33 bits per heavy atom. The second-order valence-electron chi connectivity index (χ2n) is 6.11. The number of hydrogen-bond acceptors (Lipinski definition) is 3. The van der Waals surface area contributed by atoms with Crippen LogP contribution >= 0.6 is 0 Å². The van der Waals surface area contributed by atoms with Gasteiger partial charge in [0, 0.05) is 30.7 Å². The zero-order chi connectivity index (χ0) is 14.7. The number of likely N-dealkylation sites (tertiary alicyclic amines) is 1. The monoisotopic (exact) mass is 283 g/mol. The first-order valence-corrected chi connectivity index (χ1v) is 8.11. The highest BCUT2D eigenvalue weighted by Gasteiger charge is 2.28. The van der Waals surface area contributed by atoms with Crippen LogP contribution in [0.3, 0.4) is 0 Å². The van der Waals surface area contributed by atoms with Crippen molar-refractivity contribution in [1.29, 1.82) is 0 Å². The highest BCUT2D eigenvalue weighted by atomic mass is 15.2. The molecular weight excluding hydrogens is 258 g/mol. The van der Waals surface area contributed by atoms with Crippen molar-refractivity contribution in [2.75, 3.05) is 19.6 Å². The number of nitrogens with two attached hydrogens (primary N) is 1. The van der Waals surface area contributed by atoms with E-state index in [0.29, 0.717) is 12.6 Å². The number of hydrogen-bond donors (Lipinski definition) is 1. The summed E-state index contributed by atoms with van der Waals surface area (Å²) in [4.78, 5) is 7.15. The summed E-state index contributed by atoms with van der Waals surface area (Å²) in [5.41, 5.74) is 8.52. The molecule has 0 saturated carbocycles. The minimum absolute atomic E-state index is 0.297.